The van der Waals surface area contributed by atoms with Crippen LogP contribution in [0, 0.1) is 0 Å². The number of pyridine rings is 1. The minimum Gasteiger partial charge on any atom is -0.478 e. The number of fused-ring (bicyclic) bond motifs is 1. The zero-order valence-corrected chi connectivity index (χ0v) is 15.2. The van der Waals surface area contributed by atoms with Gasteiger partial charge in [0.15, 0.2) is 0 Å². The van der Waals surface area contributed by atoms with E-state index in [0.717, 1.165) is 10.9 Å². The predicted molar refractivity (Wildman–Crippen MR) is 100 cm³/mol. The molecular formula is C20H18ClNO4. The van der Waals surface area contributed by atoms with Crippen LogP contribution in [-0.2, 0) is 4.79 Å². The highest BCUT2D eigenvalue weighted by molar-refractivity contribution is 6.31. The van der Waals surface area contributed by atoms with E-state index in [2.05, 4.69) is 4.98 Å². The van der Waals surface area contributed by atoms with Crippen LogP contribution in [-0.4, -0.2) is 21.7 Å². The van der Waals surface area contributed by atoms with Crippen LogP contribution in [0.4, 0.5) is 0 Å². The third kappa shape index (κ3) is 3.89. The number of hydrogen-bond acceptors (Lipinski definition) is 4. The van der Waals surface area contributed by atoms with Gasteiger partial charge in [-0.2, -0.15) is 0 Å². The Morgan fingerprint density at radius 1 is 1.12 bits per heavy atom. The molecule has 0 amide bonds. The van der Waals surface area contributed by atoms with Gasteiger partial charge in [-0.3, -0.25) is 0 Å². The Bertz CT molecular complexity index is 942. The average Bonchev–Trinajstić information content (AvgIpc) is 2.63. The molecule has 0 aliphatic heterocycles. The molecule has 0 fully saturated rings. The molecule has 1 atom stereocenters. The molecule has 0 saturated carbocycles. The van der Waals surface area contributed by atoms with E-state index in [9.17, 15) is 9.90 Å². The van der Waals surface area contributed by atoms with Crippen LogP contribution in [0.15, 0.2) is 54.6 Å². The van der Waals surface area contributed by atoms with Gasteiger partial charge in [0.2, 0.25) is 11.5 Å². The number of carboxylic acids is 1. The lowest BCUT2D eigenvalue weighted by Gasteiger charge is -2.24. The lowest BCUT2D eigenvalue weighted by molar-refractivity contribution is -0.154. The Labute approximate surface area is 156 Å². The van der Waals surface area contributed by atoms with Crippen LogP contribution < -0.4 is 9.47 Å². The summed E-state index contributed by atoms with van der Waals surface area (Å²) in [5.41, 5.74) is -0.476. The molecule has 3 aromatic rings. The summed E-state index contributed by atoms with van der Waals surface area (Å²) in [6, 6.07) is 15.9. The number of carboxylic acid groups (broad SMARTS) is 1. The number of carbonyl (C=O) groups is 1. The first kappa shape index (κ1) is 18.0. The van der Waals surface area contributed by atoms with E-state index < -0.39 is 11.6 Å². The van der Waals surface area contributed by atoms with Gasteiger partial charge < -0.3 is 14.6 Å². The molecule has 5 nitrogen and oxygen atoms in total. The van der Waals surface area contributed by atoms with Crippen LogP contribution in [0.2, 0.25) is 5.02 Å². The number of hydrogen-bond donors (Lipinski definition) is 1. The first-order chi connectivity index (χ1) is 12.4. The molecule has 0 aliphatic carbocycles. The molecule has 0 aliphatic rings. The van der Waals surface area contributed by atoms with Crippen LogP contribution in [0.5, 0.6) is 17.4 Å². The van der Waals surface area contributed by atoms with E-state index in [1.54, 1.807) is 50.2 Å². The van der Waals surface area contributed by atoms with Gasteiger partial charge >= 0.3 is 5.97 Å². The Morgan fingerprint density at radius 2 is 1.81 bits per heavy atom. The zero-order valence-electron chi connectivity index (χ0n) is 14.4. The van der Waals surface area contributed by atoms with Crippen LogP contribution in [0.1, 0.15) is 20.3 Å². The van der Waals surface area contributed by atoms with E-state index in [0.29, 0.717) is 28.8 Å². The highest BCUT2D eigenvalue weighted by Gasteiger charge is 2.33. The third-order valence-corrected chi connectivity index (χ3v) is 4.38. The summed E-state index contributed by atoms with van der Waals surface area (Å²) in [5.74, 6) is 0.495. The highest BCUT2D eigenvalue weighted by atomic mass is 35.5. The van der Waals surface area contributed by atoms with Gasteiger partial charge in [-0.05, 0) is 61.9 Å². The second-order valence-corrected chi connectivity index (χ2v) is 6.49. The summed E-state index contributed by atoms with van der Waals surface area (Å²) in [4.78, 5) is 15.8. The molecule has 2 aromatic carbocycles. The maximum Gasteiger partial charge on any atom is 0.347 e. The van der Waals surface area contributed by atoms with Gasteiger partial charge in [-0.25, -0.2) is 9.78 Å². The van der Waals surface area contributed by atoms with Crippen molar-refractivity contribution in [3.63, 3.8) is 0 Å². The zero-order chi connectivity index (χ0) is 18.7. The molecule has 3 rings (SSSR count). The van der Waals surface area contributed by atoms with E-state index in [1.165, 1.54) is 0 Å². The summed E-state index contributed by atoms with van der Waals surface area (Å²) in [6.45, 7) is 3.31. The SMILES string of the molecule is CCC(C)(Oc1ccc(Oc2ccc3cc(Cl)ccc3n2)cc1)C(=O)O. The second-order valence-electron chi connectivity index (χ2n) is 6.05. The minimum absolute atomic E-state index is 0.353. The second kappa shape index (κ2) is 7.22. The molecule has 0 saturated heterocycles. The smallest absolute Gasteiger partial charge is 0.347 e. The van der Waals surface area contributed by atoms with Crippen molar-refractivity contribution in [2.75, 3.05) is 0 Å². The summed E-state index contributed by atoms with van der Waals surface area (Å²) < 4.78 is 11.4. The van der Waals surface area contributed by atoms with Crippen molar-refractivity contribution in [1.29, 1.82) is 0 Å². The molecule has 1 heterocycles. The van der Waals surface area contributed by atoms with Crippen LogP contribution in [0.25, 0.3) is 10.9 Å². The topological polar surface area (TPSA) is 68.7 Å². The van der Waals surface area contributed by atoms with E-state index in [1.807, 2.05) is 18.2 Å². The molecule has 1 unspecified atom stereocenters. The Hall–Kier alpha value is -2.79. The fourth-order valence-corrected chi connectivity index (χ4v) is 2.54. The monoisotopic (exact) mass is 371 g/mol. The maximum absolute atomic E-state index is 11.3. The quantitative estimate of drug-likeness (QED) is 0.635. The van der Waals surface area contributed by atoms with Gasteiger partial charge in [0.1, 0.15) is 11.5 Å². The average molecular weight is 372 g/mol. The molecular weight excluding hydrogens is 354 g/mol. The van der Waals surface area contributed by atoms with E-state index >= 15 is 0 Å². The lowest BCUT2D eigenvalue weighted by Crippen LogP contribution is -2.40. The molecule has 26 heavy (non-hydrogen) atoms. The lowest BCUT2D eigenvalue weighted by atomic mass is 10.0. The fourth-order valence-electron chi connectivity index (χ4n) is 2.36. The summed E-state index contributed by atoms with van der Waals surface area (Å²) in [5, 5.41) is 10.9. The number of aromatic nitrogens is 1. The number of nitrogens with zero attached hydrogens (tertiary/aromatic N) is 1. The normalized spacial score (nSPS) is 13.2. The van der Waals surface area contributed by atoms with Gasteiger partial charge in [0.25, 0.3) is 0 Å². The van der Waals surface area contributed by atoms with Crippen LogP contribution >= 0.6 is 11.6 Å². The fraction of sp³-hybridized carbons (Fsp3) is 0.200. The van der Waals surface area contributed by atoms with Crippen molar-refractivity contribution >= 4 is 28.5 Å². The van der Waals surface area contributed by atoms with Crippen molar-refractivity contribution in [2.24, 2.45) is 0 Å². The third-order valence-electron chi connectivity index (χ3n) is 4.14. The first-order valence-electron chi connectivity index (χ1n) is 8.16. The molecule has 1 N–H and O–H groups in total. The summed E-state index contributed by atoms with van der Waals surface area (Å²) >= 11 is 5.97. The minimum atomic E-state index is -1.26. The van der Waals surface area contributed by atoms with E-state index in [4.69, 9.17) is 21.1 Å². The number of aliphatic carboxylic acids is 1. The molecule has 6 heteroatoms. The molecule has 0 radical (unpaired) electrons. The largest absolute Gasteiger partial charge is 0.478 e. The number of ether oxygens (including phenoxy) is 2. The maximum atomic E-state index is 11.3. The molecule has 0 spiro atoms. The Morgan fingerprint density at radius 3 is 2.46 bits per heavy atom. The number of halogens is 1. The van der Waals surface area contributed by atoms with Gasteiger partial charge in [-0.1, -0.05) is 18.5 Å². The Kier molecular flexibility index (Phi) is 5.00. The molecule has 134 valence electrons. The van der Waals surface area contributed by atoms with Crippen molar-refractivity contribution in [2.45, 2.75) is 25.9 Å². The van der Waals surface area contributed by atoms with Crippen molar-refractivity contribution in [3.8, 4) is 17.4 Å². The van der Waals surface area contributed by atoms with Crippen LogP contribution in [0.3, 0.4) is 0 Å². The summed E-state index contributed by atoms with van der Waals surface area (Å²) in [6.07, 6.45) is 0.353. The van der Waals surface area contributed by atoms with Gasteiger partial charge in [0.05, 0.1) is 5.52 Å². The van der Waals surface area contributed by atoms with Crippen molar-refractivity contribution in [3.05, 3.63) is 59.6 Å². The molecule has 1 aromatic heterocycles. The standard InChI is InChI=1S/C20H18ClNO4/c1-3-20(2,19(23)24)26-16-8-6-15(7-9-16)25-18-11-4-13-12-14(21)5-10-17(13)22-18/h4-12H,3H2,1-2H3,(H,23,24). The Balaban J connectivity index is 1.75. The predicted octanol–water partition coefficient (Wildman–Crippen LogP) is 5.31. The molecule has 0 bridgehead atoms. The van der Waals surface area contributed by atoms with Crippen molar-refractivity contribution in [1.82, 2.24) is 4.98 Å². The van der Waals surface area contributed by atoms with Gasteiger partial charge in [-0.15, -0.1) is 0 Å². The number of rotatable bonds is 6. The summed E-state index contributed by atoms with van der Waals surface area (Å²) in [7, 11) is 0. The van der Waals surface area contributed by atoms with Gasteiger partial charge in [0, 0.05) is 16.5 Å². The van der Waals surface area contributed by atoms with E-state index in [-0.39, 0.29) is 0 Å². The highest BCUT2D eigenvalue weighted by Crippen LogP contribution is 2.27. The number of benzene rings is 2. The first-order valence-corrected chi connectivity index (χ1v) is 8.54. The van der Waals surface area contributed by atoms with Crippen molar-refractivity contribution < 1.29 is 19.4 Å².